The zero-order chi connectivity index (χ0) is 21.7. The third-order valence-corrected chi connectivity index (χ3v) is 4.92. The van der Waals surface area contributed by atoms with Crippen LogP contribution in [-0.4, -0.2) is 33.4 Å². The molecule has 0 aliphatic carbocycles. The molecule has 0 amide bonds. The topological polar surface area (TPSA) is 80.1 Å². The number of non-ortho nitro benzene ring substituents is 1. The minimum absolute atomic E-state index is 0.0390. The molecule has 0 radical (unpaired) electrons. The van der Waals surface area contributed by atoms with Crippen LogP contribution in [0.15, 0.2) is 60.7 Å². The van der Waals surface area contributed by atoms with Crippen molar-refractivity contribution < 1.29 is 23.9 Å². The second kappa shape index (κ2) is 9.17. The van der Waals surface area contributed by atoms with Gasteiger partial charge in [-0.3, -0.25) is 10.1 Å². The lowest BCUT2D eigenvalue weighted by molar-refractivity contribution is -0.384. The van der Waals surface area contributed by atoms with E-state index in [9.17, 15) is 10.1 Å². The van der Waals surface area contributed by atoms with Crippen LogP contribution in [0.4, 0.5) is 5.69 Å². The highest BCUT2D eigenvalue weighted by Gasteiger charge is 2.21. The smallest absolute Gasteiger partial charge is 0.269 e. The molecule has 0 heterocycles. The zero-order valence-corrected chi connectivity index (χ0v) is 17.2. The molecular formula is C23H23NO6. The van der Waals surface area contributed by atoms with Gasteiger partial charge in [0.1, 0.15) is 0 Å². The van der Waals surface area contributed by atoms with Gasteiger partial charge in [0.2, 0.25) is 0 Å². The summed E-state index contributed by atoms with van der Waals surface area (Å²) >= 11 is 0. The fourth-order valence-corrected chi connectivity index (χ4v) is 3.43. The number of benzene rings is 3. The number of nitro groups is 1. The van der Waals surface area contributed by atoms with Crippen molar-refractivity contribution in [2.75, 3.05) is 28.4 Å². The lowest BCUT2D eigenvalue weighted by Gasteiger charge is -2.21. The normalized spacial score (nSPS) is 10.6. The SMILES string of the molecule is COc1ccc(C(c2ccc([N+](=O)[O-])cc2)c2ccc(OC)c(OC)c2)cc1OC. The average molecular weight is 409 g/mol. The highest BCUT2D eigenvalue weighted by atomic mass is 16.6. The van der Waals surface area contributed by atoms with E-state index in [-0.39, 0.29) is 11.6 Å². The quantitative estimate of drug-likeness (QED) is 0.302. The second-order valence-electron chi connectivity index (χ2n) is 6.51. The lowest BCUT2D eigenvalue weighted by Crippen LogP contribution is -2.05. The number of methoxy groups -OCH3 is 4. The number of hydrogen-bond acceptors (Lipinski definition) is 6. The third-order valence-electron chi connectivity index (χ3n) is 4.92. The molecule has 0 atom stereocenters. The Hall–Kier alpha value is -3.74. The largest absolute Gasteiger partial charge is 0.493 e. The van der Waals surface area contributed by atoms with Crippen LogP contribution in [-0.2, 0) is 0 Å². The number of nitrogens with zero attached hydrogens (tertiary/aromatic N) is 1. The van der Waals surface area contributed by atoms with Crippen molar-refractivity contribution in [1.82, 2.24) is 0 Å². The van der Waals surface area contributed by atoms with E-state index in [1.807, 2.05) is 36.4 Å². The van der Waals surface area contributed by atoms with Crippen LogP contribution in [0.5, 0.6) is 23.0 Å². The average Bonchev–Trinajstić information content (AvgIpc) is 2.79. The van der Waals surface area contributed by atoms with Crippen molar-refractivity contribution in [3.05, 3.63) is 87.5 Å². The number of hydrogen-bond donors (Lipinski definition) is 0. The molecule has 0 N–H and O–H groups in total. The summed E-state index contributed by atoms with van der Waals surface area (Å²) in [5.41, 5.74) is 2.81. The first kappa shape index (κ1) is 21.0. The maximum Gasteiger partial charge on any atom is 0.269 e. The van der Waals surface area contributed by atoms with Crippen LogP contribution in [0, 0.1) is 10.1 Å². The van der Waals surface area contributed by atoms with Gasteiger partial charge in [-0.1, -0.05) is 24.3 Å². The number of nitro benzene ring substituents is 1. The van der Waals surface area contributed by atoms with Crippen LogP contribution < -0.4 is 18.9 Å². The van der Waals surface area contributed by atoms with Crippen LogP contribution >= 0.6 is 0 Å². The van der Waals surface area contributed by atoms with E-state index in [1.165, 1.54) is 12.1 Å². The Labute approximate surface area is 174 Å². The maximum atomic E-state index is 11.1. The summed E-state index contributed by atoms with van der Waals surface area (Å²) in [6.45, 7) is 0. The predicted octanol–water partition coefficient (Wildman–Crippen LogP) is 4.81. The van der Waals surface area contributed by atoms with Gasteiger partial charge < -0.3 is 18.9 Å². The molecule has 0 bridgehead atoms. The molecule has 30 heavy (non-hydrogen) atoms. The van der Waals surface area contributed by atoms with Crippen LogP contribution in [0.1, 0.15) is 22.6 Å². The Kier molecular flexibility index (Phi) is 6.41. The van der Waals surface area contributed by atoms with Crippen LogP contribution in [0.3, 0.4) is 0 Å². The highest BCUT2D eigenvalue weighted by Crippen LogP contribution is 2.40. The number of rotatable bonds is 8. The fraction of sp³-hybridized carbons (Fsp3) is 0.217. The van der Waals surface area contributed by atoms with Gasteiger partial charge in [0.15, 0.2) is 23.0 Å². The summed E-state index contributed by atoms with van der Waals surface area (Å²) in [6.07, 6.45) is 0. The van der Waals surface area contributed by atoms with Crippen LogP contribution in [0.2, 0.25) is 0 Å². The predicted molar refractivity (Wildman–Crippen MR) is 113 cm³/mol. The molecule has 3 aromatic rings. The Morgan fingerprint density at radius 3 is 1.40 bits per heavy atom. The molecular weight excluding hydrogens is 386 g/mol. The van der Waals surface area contributed by atoms with Gasteiger partial charge >= 0.3 is 0 Å². The first-order valence-corrected chi connectivity index (χ1v) is 9.20. The molecule has 0 unspecified atom stereocenters. The van der Waals surface area contributed by atoms with E-state index in [4.69, 9.17) is 18.9 Å². The molecule has 0 saturated carbocycles. The Morgan fingerprint density at radius 2 is 1.03 bits per heavy atom. The van der Waals surface area contributed by atoms with E-state index >= 15 is 0 Å². The molecule has 3 aromatic carbocycles. The summed E-state index contributed by atoms with van der Waals surface area (Å²) < 4.78 is 21.7. The van der Waals surface area contributed by atoms with Gasteiger partial charge in [-0.15, -0.1) is 0 Å². The monoisotopic (exact) mass is 409 g/mol. The number of ether oxygens (including phenoxy) is 4. The molecule has 0 aliphatic rings. The van der Waals surface area contributed by atoms with E-state index in [0.29, 0.717) is 23.0 Å². The van der Waals surface area contributed by atoms with Gasteiger partial charge in [0, 0.05) is 18.1 Å². The third kappa shape index (κ3) is 4.15. The summed E-state index contributed by atoms with van der Waals surface area (Å²) in [5.74, 6) is 2.22. The minimum atomic E-state index is -0.411. The van der Waals surface area contributed by atoms with Crippen molar-refractivity contribution >= 4 is 5.69 Å². The summed E-state index contributed by atoms with van der Waals surface area (Å²) in [5, 5.41) is 11.1. The lowest BCUT2D eigenvalue weighted by atomic mass is 9.84. The molecule has 0 fully saturated rings. The van der Waals surface area contributed by atoms with Gasteiger partial charge in [0.05, 0.1) is 33.4 Å². The second-order valence-corrected chi connectivity index (χ2v) is 6.51. The Bertz CT molecular complexity index is 977. The molecule has 0 saturated heterocycles. The first-order chi connectivity index (χ1) is 14.5. The van der Waals surface area contributed by atoms with Crippen molar-refractivity contribution in [3.63, 3.8) is 0 Å². The van der Waals surface area contributed by atoms with E-state index in [0.717, 1.165) is 16.7 Å². The van der Waals surface area contributed by atoms with E-state index in [1.54, 1.807) is 40.6 Å². The van der Waals surface area contributed by atoms with Gasteiger partial charge in [-0.05, 0) is 41.0 Å². The molecule has 0 aromatic heterocycles. The Balaban J connectivity index is 2.18. The molecule has 0 spiro atoms. The van der Waals surface area contributed by atoms with Gasteiger partial charge in [-0.25, -0.2) is 0 Å². The van der Waals surface area contributed by atoms with Crippen molar-refractivity contribution in [3.8, 4) is 23.0 Å². The fourth-order valence-electron chi connectivity index (χ4n) is 3.43. The Morgan fingerprint density at radius 1 is 0.633 bits per heavy atom. The van der Waals surface area contributed by atoms with Crippen LogP contribution in [0.25, 0.3) is 0 Å². The van der Waals surface area contributed by atoms with E-state index < -0.39 is 4.92 Å². The standard InChI is InChI=1S/C23H23NO6/c1-27-19-11-7-16(13-21(19)29-3)23(15-5-9-18(10-6-15)24(25)26)17-8-12-20(28-2)22(14-17)30-4/h5-14,23H,1-4H3. The summed E-state index contributed by atoms with van der Waals surface area (Å²) in [4.78, 5) is 10.7. The highest BCUT2D eigenvalue weighted by molar-refractivity contribution is 5.54. The molecule has 0 aliphatic heterocycles. The van der Waals surface area contributed by atoms with Gasteiger partial charge in [0.25, 0.3) is 5.69 Å². The molecule has 3 rings (SSSR count). The van der Waals surface area contributed by atoms with Crippen molar-refractivity contribution in [2.45, 2.75) is 5.92 Å². The van der Waals surface area contributed by atoms with Gasteiger partial charge in [-0.2, -0.15) is 0 Å². The van der Waals surface area contributed by atoms with Crippen molar-refractivity contribution in [1.29, 1.82) is 0 Å². The minimum Gasteiger partial charge on any atom is -0.493 e. The van der Waals surface area contributed by atoms with Crippen molar-refractivity contribution in [2.24, 2.45) is 0 Å². The molecule has 156 valence electrons. The zero-order valence-electron chi connectivity index (χ0n) is 17.2. The molecule has 7 heteroatoms. The maximum absolute atomic E-state index is 11.1. The summed E-state index contributed by atoms with van der Waals surface area (Å²) in [7, 11) is 6.33. The summed E-state index contributed by atoms with van der Waals surface area (Å²) in [6, 6.07) is 17.9. The van der Waals surface area contributed by atoms with E-state index in [2.05, 4.69) is 0 Å². The first-order valence-electron chi connectivity index (χ1n) is 9.20. The molecule has 7 nitrogen and oxygen atoms in total.